The summed E-state index contributed by atoms with van der Waals surface area (Å²) in [6.45, 7) is 1.64. The van der Waals surface area contributed by atoms with Crippen molar-refractivity contribution in [2.45, 2.75) is 25.7 Å². The molecule has 0 saturated heterocycles. The first-order valence-electron chi connectivity index (χ1n) is 12.6. The summed E-state index contributed by atoms with van der Waals surface area (Å²) in [7, 11) is 0. The van der Waals surface area contributed by atoms with E-state index < -0.39 is 35.0 Å². The number of hydrogen-bond donors (Lipinski definition) is 0. The van der Waals surface area contributed by atoms with E-state index >= 15 is 0 Å². The first-order chi connectivity index (χ1) is 20.0. The van der Waals surface area contributed by atoms with Crippen LogP contribution in [0, 0.1) is 0 Å². The van der Waals surface area contributed by atoms with E-state index in [0.29, 0.717) is 28.0 Å². The highest BCUT2D eigenvalue weighted by Gasteiger charge is 2.45. The standard InChI is InChI=1S/C30H21Cl2F3N2O4S/c1-2-40-28(39)24-25(19-7-11-21(32)12-8-19)37-27(38)23(42-29(37)36-26(24)30(33,34)35)15-17-5-13-22(14-6-17)41-16-18-3-9-20(31)10-4-18/h3-15,25H,2,16H2,1H3/b23-15-/t25-/m0/s1. The third-order valence-electron chi connectivity index (χ3n) is 6.28. The molecule has 1 atom stereocenters. The van der Waals surface area contributed by atoms with Crippen LogP contribution in [0.2, 0.25) is 10.0 Å². The van der Waals surface area contributed by atoms with Crippen molar-refractivity contribution in [3.05, 3.63) is 130 Å². The Kier molecular flexibility index (Phi) is 8.58. The Hall–Kier alpha value is -3.86. The van der Waals surface area contributed by atoms with Gasteiger partial charge < -0.3 is 9.47 Å². The van der Waals surface area contributed by atoms with E-state index in [1.807, 2.05) is 12.1 Å². The normalized spacial score (nSPS) is 15.3. The molecule has 0 N–H and O–H groups in total. The zero-order valence-corrected chi connectivity index (χ0v) is 24.2. The molecule has 1 aliphatic heterocycles. The molecular formula is C30H21Cl2F3N2O4S. The molecule has 1 aromatic heterocycles. The predicted octanol–water partition coefficient (Wildman–Crippen LogP) is 6.23. The van der Waals surface area contributed by atoms with Crippen LogP contribution in [-0.2, 0) is 16.1 Å². The molecule has 6 nitrogen and oxygen atoms in total. The van der Waals surface area contributed by atoms with Crippen molar-refractivity contribution in [3.8, 4) is 5.75 Å². The van der Waals surface area contributed by atoms with E-state index in [1.54, 1.807) is 42.5 Å². The van der Waals surface area contributed by atoms with Crippen molar-refractivity contribution in [2.24, 2.45) is 4.99 Å². The number of nitrogens with zero attached hydrogens (tertiary/aromatic N) is 2. The maximum Gasteiger partial charge on any atom is 0.434 e. The van der Waals surface area contributed by atoms with Gasteiger partial charge in [-0.2, -0.15) is 13.2 Å². The molecule has 0 saturated carbocycles. The van der Waals surface area contributed by atoms with Crippen LogP contribution >= 0.6 is 34.5 Å². The van der Waals surface area contributed by atoms with Crippen LogP contribution < -0.4 is 19.6 Å². The van der Waals surface area contributed by atoms with Gasteiger partial charge in [-0.05, 0) is 66.1 Å². The molecule has 0 spiro atoms. The second-order valence-corrected chi connectivity index (χ2v) is 11.0. The number of ether oxygens (including phenoxy) is 2. The van der Waals surface area contributed by atoms with E-state index in [0.717, 1.165) is 21.5 Å². The minimum Gasteiger partial charge on any atom is -0.489 e. The average molecular weight is 633 g/mol. The average Bonchev–Trinajstić information content (AvgIpc) is 3.27. The fourth-order valence-corrected chi connectivity index (χ4v) is 5.61. The predicted molar refractivity (Wildman–Crippen MR) is 154 cm³/mol. The number of benzene rings is 3. The number of thiazole rings is 1. The number of alkyl halides is 3. The first kappa shape index (κ1) is 29.6. The second-order valence-electron chi connectivity index (χ2n) is 9.10. The van der Waals surface area contributed by atoms with Gasteiger partial charge in [0.25, 0.3) is 5.56 Å². The van der Waals surface area contributed by atoms with E-state index in [1.165, 1.54) is 31.2 Å². The van der Waals surface area contributed by atoms with E-state index in [-0.39, 0.29) is 21.5 Å². The molecule has 216 valence electrons. The summed E-state index contributed by atoms with van der Waals surface area (Å²) in [5.41, 5.74) is -0.995. The number of carbonyl (C=O) groups is 1. The van der Waals surface area contributed by atoms with Crippen LogP contribution in [0.25, 0.3) is 6.08 Å². The molecule has 5 rings (SSSR count). The summed E-state index contributed by atoms with van der Waals surface area (Å²) in [6.07, 6.45) is -3.43. The number of fused-ring (bicyclic) bond motifs is 1. The smallest absolute Gasteiger partial charge is 0.434 e. The van der Waals surface area contributed by atoms with Gasteiger partial charge in [-0.15, -0.1) is 0 Å². The highest BCUT2D eigenvalue weighted by Crippen LogP contribution is 2.38. The van der Waals surface area contributed by atoms with Crippen LogP contribution in [0.5, 0.6) is 5.75 Å². The molecule has 1 aliphatic rings. The Morgan fingerprint density at radius 1 is 1.00 bits per heavy atom. The lowest BCUT2D eigenvalue weighted by Crippen LogP contribution is -2.41. The number of aromatic nitrogens is 1. The minimum absolute atomic E-state index is 0.133. The molecule has 4 aromatic rings. The zero-order chi connectivity index (χ0) is 30.0. The fourth-order valence-electron chi connectivity index (χ4n) is 4.36. The summed E-state index contributed by atoms with van der Waals surface area (Å²) in [5.74, 6) is -0.628. The highest BCUT2D eigenvalue weighted by molar-refractivity contribution is 7.07. The van der Waals surface area contributed by atoms with E-state index in [4.69, 9.17) is 32.7 Å². The Bertz CT molecular complexity index is 1830. The largest absolute Gasteiger partial charge is 0.489 e. The lowest BCUT2D eigenvalue weighted by Gasteiger charge is -2.26. The van der Waals surface area contributed by atoms with Gasteiger partial charge in [-0.1, -0.05) is 70.9 Å². The molecule has 0 bridgehead atoms. The topological polar surface area (TPSA) is 69.9 Å². The molecule has 0 amide bonds. The second kappa shape index (κ2) is 12.2. The third-order valence-corrected chi connectivity index (χ3v) is 7.76. The van der Waals surface area contributed by atoms with Crippen molar-refractivity contribution in [3.63, 3.8) is 0 Å². The Morgan fingerprint density at radius 2 is 1.62 bits per heavy atom. The Morgan fingerprint density at radius 3 is 2.21 bits per heavy atom. The Labute approximate surface area is 251 Å². The lowest BCUT2D eigenvalue weighted by atomic mass is 9.95. The van der Waals surface area contributed by atoms with Crippen LogP contribution in [0.4, 0.5) is 13.2 Å². The van der Waals surface area contributed by atoms with Crippen molar-refractivity contribution < 1.29 is 27.4 Å². The van der Waals surface area contributed by atoms with Gasteiger partial charge in [0, 0.05) is 10.0 Å². The molecule has 42 heavy (non-hydrogen) atoms. The van der Waals surface area contributed by atoms with Crippen molar-refractivity contribution in [1.29, 1.82) is 0 Å². The molecule has 12 heteroatoms. The summed E-state index contributed by atoms with van der Waals surface area (Å²) >= 11 is 12.7. The monoisotopic (exact) mass is 632 g/mol. The number of halogens is 5. The van der Waals surface area contributed by atoms with Gasteiger partial charge in [0.15, 0.2) is 10.5 Å². The SMILES string of the molecule is CCOC(=O)C1=C(C(F)(F)F)N=c2s/c(=C\c3ccc(OCc4ccc(Cl)cc4)cc3)c(=O)n2[C@H]1c1ccc(Cl)cc1. The van der Waals surface area contributed by atoms with Crippen LogP contribution in [-0.4, -0.2) is 23.3 Å². The zero-order valence-electron chi connectivity index (χ0n) is 21.8. The number of carbonyl (C=O) groups excluding carboxylic acids is 1. The van der Waals surface area contributed by atoms with Crippen molar-refractivity contribution in [1.82, 2.24) is 4.57 Å². The number of allylic oxidation sites excluding steroid dienone is 1. The minimum atomic E-state index is -4.98. The van der Waals surface area contributed by atoms with Crippen LogP contribution in [0.1, 0.15) is 29.7 Å². The number of esters is 1. The van der Waals surface area contributed by atoms with Gasteiger partial charge in [-0.25, -0.2) is 9.79 Å². The molecule has 0 fully saturated rings. The summed E-state index contributed by atoms with van der Waals surface area (Å²) in [5, 5.41) is 0.962. The highest BCUT2D eigenvalue weighted by atomic mass is 35.5. The maximum absolute atomic E-state index is 14.2. The summed E-state index contributed by atoms with van der Waals surface area (Å²) in [6, 6.07) is 18.6. The van der Waals surface area contributed by atoms with E-state index in [9.17, 15) is 22.8 Å². The fraction of sp³-hybridized carbons (Fsp3) is 0.167. The molecule has 2 heterocycles. The summed E-state index contributed by atoms with van der Waals surface area (Å²) < 4.78 is 54.7. The molecule has 3 aromatic carbocycles. The van der Waals surface area contributed by atoms with Gasteiger partial charge in [0.05, 0.1) is 22.8 Å². The van der Waals surface area contributed by atoms with Gasteiger partial charge in [-0.3, -0.25) is 9.36 Å². The first-order valence-corrected chi connectivity index (χ1v) is 14.2. The van der Waals surface area contributed by atoms with Crippen molar-refractivity contribution in [2.75, 3.05) is 6.61 Å². The lowest BCUT2D eigenvalue weighted by molar-refractivity contribution is -0.140. The van der Waals surface area contributed by atoms with Gasteiger partial charge >= 0.3 is 12.1 Å². The van der Waals surface area contributed by atoms with Crippen molar-refractivity contribution >= 4 is 46.6 Å². The van der Waals surface area contributed by atoms with Crippen LogP contribution in [0.15, 0.2) is 93.9 Å². The number of hydrogen-bond acceptors (Lipinski definition) is 6. The molecule has 0 unspecified atom stereocenters. The van der Waals surface area contributed by atoms with Crippen LogP contribution in [0.3, 0.4) is 0 Å². The number of rotatable bonds is 7. The Balaban J connectivity index is 1.56. The molecular weight excluding hydrogens is 612 g/mol. The maximum atomic E-state index is 14.2. The van der Waals surface area contributed by atoms with E-state index in [2.05, 4.69) is 4.99 Å². The summed E-state index contributed by atoms with van der Waals surface area (Å²) in [4.78, 5) is 30.1. The van der Waals surface area contributed by atoms with Gasteiger partial charge in [0.2, 0.25) is 0 Å². The quantitative estimate of drug-likeness (QED) is 0.227. The third kappa shape index (κ3) is 6.30. The molecule has 0 aliphatic carbocycles. The van der Waals surface area contributed by atoms with Gasteiger partial charge in [0.1, 0.15) is 12.4 Å². The molecule has 0 radical (unpaired) electrons.